The van der Waals surface area contributed by atoms with Gasteiger partial charge < -0.3 is 4.74 Å². The third-order valence-corrected chi connectivity index (χ3v) is 4.69. The Morgan fingerprint density at radius 2 is 1.88 bits per heavy atom. The Bertz CT molecular complexity index is 879. The average Bonchev–Trinajstić information content (AvgIpc) is 3.21. The number of benzene rings is 2. The summed E-state index contributed by atoms with van der Waals surface area (Å²) < 4.78 is 10.1. The number of rotatable bonds is 3. The van der Waals surface area contributed by atoms with Gasteiger partial charge in [0.05, 0.1) is 0 Å². The average molecular weight is 337 g/mol. The van der Waals surface area contributed by atoms with Gasteiger partial charge in [0.25, 0.3) is 5.91 Å². The van der Waals surface area contributed by atoms with Gasteiger partial charge in [0, 0.05) is 28.6 Å². The van der Waals surface area contributed by atoms with Crippen LogP contribution in [0.1, 0.15) is 18.4 Å². The summed E-state index contributed by atoms with van der Waals surface area (Å²) in [6.45, 7) is 1.99. The van der Waals surface area contributed by atoms with Crippen molar-refractivity contribution in [1.82, 2.24) is 9.36 Å². The first-order valence-corrected chi connectivity index (χ1v) is 8.45. The van der Waals surface area contributed by atoms with Crippen molar-refractivity contribution in [3.63, 3.8) is 0 Å². The molecule has 1 aromatic heterocycles. The Hall–Kier alpha value is -2.73. The fraction of sp³-hybridized carbons (Fsp3) is 0.167. The maximum Gasteiger partial charge on any atom is 0.267 e. The molecule has 1 amide bonds. The topological polar surface area (TPSA) is 64.1 Å². The van der Waals surface area contributed by atoms with E-state index >= 15 is 0 Å². The van der Waals surface area contributed by atoms with Gasteiger partial charge in [0.1, 0.15) is 5.75 Å². The molecule has 0 unspecified atom stereocenters. The van der Waals surface area contributed by atoms with Crippen LogP contribution in [0.15, 0.2) is 54.6 Å². The highest BCUT2D eigenvalue weighted by atomic mass is 32.1. The van der Waals surface area contributed by atoms with Crippen LogP contribution in [0.4, 0.5) is 5.13 Å². The number of ether oxygens (including phenoxy) is 1. The fourth-order valence-corrected chi connectivity index (χ4v) is 3.39. The van der Waals surface area contributed by atoms with Gasteiger partial charge in [-0.1, -0.05) is 55.5 Å². The first-order valence-electron chi connectivity index (χ1n) is 7.68. The SMILES string of the molecule is C[C@H]1c2ccccc2O[C@H]1C(=O)Nc1nc(-c2ccccc2)ns1. The minimum Gasteiger partial charge on any atom is -0.480 e. The van der Waals surface area contributed by atoms with Crippen LogP contribution in [0.2, 0.25) is 0 Å². The highest BCUT2D eigenvalue weighted by molar-refractivity contribution is 7.10. The van der Waals surface area contributed by atoms with Crippen molar-refractivity contribution in [2.45, 2.75) is 18.9 Å². The second kappa shape index (κ2) is 6.05. The molecule has 2 atom stereocenters. The molecule has 6 heteroatoms. The first-order chi connectivity index (χ1) is 11.7. The normalized spacial score (nSPS) is 18.7. The quantitative estimate of drug-likeness (QED) is 0.791. The molecule has 24 heavy (non-hydrogen) atoms. The lowest BCUT2D eigenvalue weighted by Crippen LogP contribution is -2.33. The summed E-state index contributed by atoms with van der Waals surface area (Å²) in [6, 6.07) is 17.4. The Morgan fingerprint density at radius 3 is 2.67 bits per heavy atom. The summed E-state index contributed by atoms with van der Waals surface area (Å²) in [5.41, 5.74) is 1.98. The summed E-state index contributed by atoms with van der Waals surface area (Å²) in [7, 11) is 0. The minimum absolute atomic E-state index is 0.00251. The van der Waals surface area contributed by atoms with E-state index in [1.54, 1.807) is 0 Å². The molecule has 0 saturated heterocycles. The van der Waals surface area contributed by atoms with Crippen LogP contribution < -0.4 is 10.1 Å². The number of amides is 1. The van der Waals surface area contributed by atoms with Crippen LogP contribution in [0, 0.1) is 0 Å². The smallest absolute Gasteiger partial charge is 0.267 e. The van der Waals surface area contributed by atoms with Crippen LogP contribution in [-0.4, -0.2) is 21.4 Å². The van der Waals surface area contributed by atoms with Crippen molar-refractivity contribution in [3.8, 4) is 17.1 Å². The lowest BCUT2D eigenvalue weighted by Gasteiger charge is -2.13. The van der Waals surface area contributed by atoms with E-state index in [4.69, 9.17) is 4.74 Å². The van der Waals surface area contributed by atoms with Gasteiger partial charge in [-0.25, -0.2) is 0 Å². The Labute approximate surface area is 143 Å². The zero-order valence-corrected chi connectivity index (χ0v) is 13.8. The second-order valence-corrected chi connectivity index (χ2v) is 6.40. The van der Waals surface area contributed by atoms with E-state index in [0.717, 1.165) is 16.9 Å². The highest BCUT2D eigenvalue weighted by Crippen LogP contribution is 2.38. The third kappa shape index (κ3) is 2.65. The number of fused-ring (bicyclic) bond motifs is 1. The molecule has 120 valence electrons. The standard InChI is InChI=1S/C18H15N3O2S/c1-11-13-9-5-6-10-14(13)23-15(11)17(22)20-18-19-16(21-24-18)12-7-3-2-4-8-12/h2-11,15H,1H3,(H,19,20,21,22)/t11-,15+/m0/s1. The highest BCUT2D eigenvalue weighted by Gasteiger charge is 2.36. The molecule has 0 spiro atoms. The van der Waals surface area contributed by atoms with Crippen molar-refractivity contribution >= 4 is 22.6 Å². The summed E-state index contributed by atoms with van der Waals surface area (Å²) >= 11 is 1.17. The molecule has 0 fully saturated rings. The van der Waals surface area contributed by atoms with Crippen molar-refractivity contribution in [3.05, 3.63) is 60.2 Å². The van der Waals surface area contributed by atoms with Gasteiger partial charge in [-0.05, 0) is 6.07 Å². The zero-order chi connectivity index (χ0) is 16.5. The predicted octanol–water partition coefficient (Wildman–Crippen LogP) is 3.71. The van der Waals surface area contributed by atoms with Crippen molar-refractivity contribution in [1.29, 1.82) is 0 Å². The second-order valence-electron chi connectivity index (χ2n) is 5.64. The monoisotopic (exact) mass is 337 g/mol. The van der Waals surface area contributed by atoms with Crippen LogP contribution in [0.5, 0.6) is 5.75 Å². The molecule has 2 heterocycles. The van der Waals surface area contributed by atoms with Crippen LogP contribution >= 0.6 is 11.5 Å². The van der Waals surface area contributed by atoms with Gasteiger partial charge in [-0.2, -0.15) is 9.36 Å². The molecule has 0 aliphatic carbocycles. The minimum atomic E-state index is -0.550. The summed E-state index contributed by atoms with van der Waals surface area (Å²) in [6.07, 6.45) is -0.550. The first kappa shape index (κ1) is 14.8. The summed E-state index contributed by atoms with van der Waals surface area (Å²) in [5, 5.41) is 3.30. The van der Waals surface area contributed by atoms with Gasteiger partial charge in [-0.3, -0.25) is 10.1 Å². The number of anilines is 1. The molecule has 4 rings (SSSR count). The van der Waals surface area contributed by atoms with E-state index in [-0.39, 0.29) is 11.8 Å². The number of aromatic nitrogens is 2. The maximum atomic E-state index is 12.5. The molecule has 0 bridgehead atoms. The molecule has 1 aliphatic rings. The molecular weight excluding hydrogens is 322 g/mol. The van der Waals surface area contributed by atoms with Gasteiger partial charge in [-0.15, -0.1) is 0 Å². The van der Waals surface area contributed by atoms with E-state index < -0.39 is 6.10 Å². The number of hydrogen-bond donors (Lipinski definition) is 1. The van der Waals surface area contributed by atoms with Crippen LogP contribution in [0.25, 0.3) is 11.4 Å². The molecule has 5 nitrogen and oxygen atoms in total. The van der Waals surface area contributed by atoms with Gasteiger partial charge in [0.15, 0.2) is 11.9 Å². The van der Waals surface area contributed by atoms with E-state index in [1.165, 1.54) is 11.5 Å². The molecule has 1 N–H and O–H groups in total. The number of nitrogens with zero attached hydrogens (tertiary/aromatic N) is 2. The van der Waals surface area contributed by atoms with Crippen molar-refractivity contribution < 1.29 is 9.53 Å². The number of nitrogens with one attached hydrogen (secondary N) is 1. The molecule has 3 aromatic rings. The van der Waals surface area contributed by atoms with E-state index in [1.807, 2.05) is 61.5 Å². The third-order valence-electron chi connectivity index (χ3n) is 4.06. The lowest BCUT2D eigenvalue weighted by atomic mass is 9.97. The molecule has 1 aliphatic heterocycles. The fourth-order valence-electron chi connectivity index (χ4n) is 2.80. The summed E-state index contributed by atoms with van der Waals surface area (Å²) in [4.78, 5) is 16.9. The number of para-hydroxylation sites is 1. The summed E-state index contributed by atoms with van der Waals surface area (Å²) in [5.74, 6) is 1.18. The number of carbonyl (C=O) groups excluding carboxylic acids is 1. The lowest BCUT2D eigenvalue weighted by molar-refractivity contribution is -0.122. The predicted molar refractivity (Wildman–Crippen MR) is 93.2 cm³/mol. The van der Waals surface area contributed by atoms with Crippen LogP contribution in [-0.2, 0) is 4.79 Å². The van der Waals surface area contributed by atoms with Crippen LogP contribution in [0.3, 0.4) is 0 Å². The molecule has 2 aromatic carbocycles. The molecule has 0 radical (unpaired) electrons. The Morgan fingerprint density at radius 1 is 1.12 bits per heavy atom. The number of hydrogen-bond acceptors (Lipinski definition) is 5. The largest absolute Gasteiger partial charge is 0.480 e. The van der Waals surface area contributed by atoms with Crippen molar-refractivity contribution in [2.24, 2.45) is 0 Å². The molecular formula is C18H15N3O2S. The Kier molecular flexibility index (Phi) is 3.74. The maximum absolute atomic E-state index is 12.5. The van der Waals surface area contributed by atoms with E-state index in [2.05, 4.69) is 14.7 Å². The number of carbonyl (C=O) groups is 1. The van der Waals surface area contributed by atoms with Gasteiger partial charge in [0.2, 0.25) is 5.13 Å². The van der Waals surface area contributed by atoms with Crippen molar-refractivity contribution in [2.75, 3.05) is 5.32 Å². The van der Waals surface area contributed by atoms with Gasteiger partial charge >= 0.3 is 0 Å². The zero-order valence-electron chi connectivity index (χ0n) is 13.0. The van der Waals surface area contributed by atoms with E-state index in [9.17, 15) is 4.79 Å². The van der Waals surface area contributed by atoms with E-state index in [0.29, 0.717) is 11.0 Å². The molecule has 0 saturated carbocycles. The Balaban J connectivity index is 1.49.